The molecule has 6 heteroatoms. The monoisotopic (exact) mass is 321 g/mol. The number of halogens is 1. The number of carbonyl (C=O) groups excluding carboxylic acids is 1. The zero-order chi connectivity index (χ0) is 16.7. The molecule has 1 aromatic carbocycles. The molecule has 0 aromatic heterocycles. The fourth-order valence-corrected chi connectivity index (χ4v) is 2.82. The Kier molecular flexibility index (Phi) is 6.40. The molecule has 23 heavy (non-hydrogen) atoms. The summed E-state index contributed by atoms with van der Waals surface area (Å²) in [5.74, 6) is -0.256. The lowest BCUT2D eigenvalue weighted by Crippen LogP contribution is -2.52. The first kappa shape index (κ1) is 17.3. The van der Waals surface area contributed by atoms with Crippen molar-refractivity contribution >= 4 is 11.7 Å². The lowest BCUT2D eigenvalue weighted by molar-refractivity contribution is 0.179. The third-order valence-electron chi connectivity index (χ3n) is 3.93. The highest BCUT2D eigenvalue weighted by molar-refractivity contribution is 5.74. The van der Waals surface area contributed by atoms with E-state index in [4.69, 9.17) is 5.11 Å². The maximum Gasteiger partial charge on any atom is 0.318 e. The van der Waals surface area contributed by atoms with Gasteiger partial charge in [0.25, 0.3) is 0 Å². The van der Waals surface area contributed by atoms with Gasteiger partial charge in [-0.15, -0.1) is 6.58 Å². The summed E-state index contributed by atoms with van der Waals surface area (Å²) >= 11 is 0. The SMILES string of the molecule is C=CCN(CCO)C(=O)NC1CCCN(c2cccc(F)c2)C1. The number of nitrogens with zero attached hydrogens (tertiary/aromatic N) is 2. The fraction of sp³-hybridized carbons (Fsp3) is 0.471. The van der Waals surface area contributed by atoms with Crippen LogP contribution in [0.15, 0.2) is 36.9 Å². The van der Waals surface area contributed by atoms with Crippen molar-refractivity contribution in [3.8, 4) is 0 Å². The van der Waals surface area contributed by atoms with Gasteiger partial charge in [-0.05, 0) is 31.0 Å². The highest BCUT2D eigenvalue weighted by Gasteiger charge is 2.23. The maximum atomic E-state index is 13.4. The summed E-state index contributed by atoms with van der Waals surface area (Å²) in [5, 5.41) is 12.0. The Bertz CT molecular complexity index is 538. The molecule has 1 fully saturated rings. The second kappa shape index (κ2) is 8.53. The van der Waals surface area contributed by atoms with Crippen LogP contribution in [0.5, 0.6) is 0 Å². The van der Waals surface area contributed by atoms with E-state index in [1.165, 1.54) is 17.0 Å². The van der Waals surface area contributed by atoms with Gasteiger partial charge < -0.3 is 20.2 Å². The first-order chi connectivity index (χ1) is 11.1. The van der Waals surface area contributed by atoms with Crippen LogP contribution in [0.2, 0.25) is 0 Å². The van der Waals surface area contributed by atoms with Crippen molar-refractivity contribution in [2.24, 2.45) is 0 Å². The Hall–Kier alpha value is -2.08. The van der Waals surface area contributed by atoms with Crippen LogP contribution in [0, 0.1) is 5.82 Å². The molecule has 2 N–H and O–H groups in total. The van der Waals surface area contributed by atoms with Gasteiger partial charge in [-0.1, -0.05) is 12.1 Å². The Balaban J connectivity index is 1.95. The van der Waals surface area contributed by atoms with Crippen molar-refractivity contribution in [3.63, 3.8) is 0 Å². The molecule has 1 atom stereocenters. The molecule has 1 unspecified atom stereocenters. The molecule has 0 aliphatic carbocycles. The minimum atomic E-state index is -0.256. The second-order valence-electron chi connectivity index (χ2n) is 5.67. The lowest BCUT2D eigenvalue weighted by atomic mass is 10.0. The summed E-state index contributed by atoms with van der Waals surface area (Å²) in [6.07, 6.45) is 3.46. The smallest absolute Gasteiger partial charge is 0.318 e. The summed E-state index contributed by atoms with van der Waals surface area (Å²) in [7, 11) is 0. The molecule has 2 amide bonds. The van der Waals surface area contributed by atoms with E-state index in [2.05, 4.69) is 16.8 Å². The molecule has 0 spiro atoms. The van der Waals surface area contributed by atoms with Crippen molar-refractivity contribution in [3.05, 3.63) is 42.7 Å². The number of carbonyl (C=O) groups is 1. The number of benzene rings is 1. The van der Waals surface area contributed by atoms with E-state index in [0.29, 0.717) is 13.1 Å². The van der Waals surface area contributed by atoms with E-state index < -0.39 is 0 Å². The van der Waals surface area contributed by atoms with Gasteiger partial charge in [0.15, 0.2) is 0 Å². The summed E-state index contributed by atoms with van der Waals surface area (Å²) in [5.41, 5.74) is 0.835. The number of aliphatic hydroxyl groups is 1. The predicted octanol–water partition coefficient (Wildman–Crippen LogP) is 1.98. The van der Waals surface area contributed by atoms with Crippen molar-refractivity contribution in [2.75, 3.05) is 37.7 Å². The van der Waals surface area contributed by atoms with Crippen LogP contribution in [-0.4, -0.2) is 54.9 Å². The lowest BCUT2D eigenvalue weighted by Gasteiger charge is -2.35. The molecule has 1 heterocycles. The van der Waals surface area contributed by atoms with Crippen LogP contribution in [0.3, 0.4) is 0 Å². The molecule has 5 nitrogen and oxygen atoms in total. The number of piperidine rings is 1. The topological polar surface area (TPSA) is 55.8 Å². The predicted molar refractivity (Wildman–Crippen MR) is 89.0 cm³/mol. The van der Waals surface area contributed by atoms with Crippen LogP contribution < -0.4 is 10.2 Å². The summed E-state index contributed by atoms with van der Waals surface area (Å²) in [6, 6.07) is 6.31. The van der Waals surface area contributed by atoms with Gasteiger partial charge >= 0.3 is 6.03 Å². The van der Waals surface area contributed by atoms with E-state index in [1.807, 2.05) is 6.07 Å². The Morgan fingerprint density at radius 3 is 3.09 bits per heavy atom. The average Bonchev–Trinajstić information content (AvgIpc) is 2.55. The van der Waals surface area contributed by atoms with Gasteiger partial charge in [-0.3, -0.25) is 0 Å². The maximum absolute atomic E-state index is 13.4. The Labute approximate surface area is 136 Å². The number of hydrogen-bond donors (Lipinski definition) is 2. The molecule has 1 aromatic rings. The van der Waals surface area contributed by atoms with Gasteiger partial charge in [-0.2, -0.15) is 0 Å². The quantitative estimate of drug-likeness (QED) is 0.788. The molecule has 1 aliphatic rings. The zero-order valence-corrected chi connectivity index (χ0v) is 13.2. The van der Waals surface area contributed by atoms with Crippen molar-refractivity contribution in [1.82, 2.24) is 10.2 Å². The van der Waals surface area contributed by atoms with Crippen molar-refractivity contribution in [1.29, 1.82) is 0 Å². The van der Waals surface area contributed by atoms with Crippen molar-refractivity contribution < 1.29 is 14.3 Å². The van der Waals surface area contributed by atoms with Gasteiger partial charge in [-0.25, -0.2) is 9.18 Å². The number of rotatable bonds is 6. The third kappa shape index (κ3) is 4.96. The molecule has 0 saturated carbocycles. The van der Waals surface area contributed by atoms with Gasteiger partial charge in [0.05, 0.1) is 6.61 Å². The van der Waals surface area contributed by atoms with Gasteiger partial charge in [0, 0.05) is 37.9 Å². The number of aliphatic hydroxyl groups excluding tert-OH is 1. The van der Waals surface area contributed by atoms with Crippen LogP contribution in [0.1, 0.15) is 12.8 Å². The van der Waals surface area contributed by atoms with E-state index in [0.717, 1.165) is 25.1 Å². The number of anilines is 1. The number of nitrogens with one attached hydrogen (secondary N) is 1. The summed E-state index contributed by atoms with van der Waals surface area (Å²) in [6.45, 7) is 5.71. The highest BCUT2D eigenvalue weighted by atomic mass is 19.1. The number of amides is 2. The van der Waals surface area contributed by atoms with Crippen LogP contribution in [0.25, 0.3) is 0 Å². The third-order valence-corrected chi connectivity index (χ3v) is 3.93. The molecular weight excluding hydrogens is 297 g/mol. The number of hydrogen-bond acceptors (Lipinski definition) is 3. The second-order valence-corrected chi connectivity index (χ2v) is 5.67. The molecule has 1 aliphatic heterocycles. The van der Waals surface area contributed by atoms with E-state index in [1.54, 1.807) is 12.1 Å². The normalized spacial score (nSPS) is 17.7. The minimum Gasteiger partial charge on any atom is -0.395 e. The van der Waals surface area contributed by atoms with E-state index >= 15 is 0 Å². The highest BCUT2D eigenvalue weighted by Crippen LogP contribution is 2.20. The molecular formula is C17H24FN3O2. The van der Waals surface area contributed by atoms with Crippen LogP contribution >= 0.6 is 0 Å². The summed E-state index contributed by atoms with van der Waals surface area (Å²) in [4.78, 5) is 15.9. The zero-order valence-electron chi connectivity index (χ0n) is 13.2. The Morgan fingerprint density at radius 2 is 2.39 bits per heavy atom. The van der Waals surface area contributed by atoms with Crippen molar-refractivity contribution in [2.45, 2.75) is 18.9 Å². The largest absolute Gasteiger partial charge is 0.395 e. The summed E-state index contributed by atoms with van der Waals surface area (Å²) < 4.78 is 13.4. The molecule has 0 bridgehead atoms. The van der Waals surface area contributed by atoms with Crippen LogP contribution in [0.4, 0.5) is 14.9 Å². The average molecular weight is 321 g/mol. The first-order valence-electron chi connectivity index (χ1n) is 7.91. The Morgan fingerprint density at radius 1 is 1.57 bits per heavy atom. The molecule has 1 saturated heterocycles. The fourth-order valence-electron chi connectivity index (χ4n) is 2.82. The standard InChI is InChI=1S/C17H24FN3O2/c1-2-8-20(10-11-22)17(23)19-15-6-4-9-21(13-15)16-7-3-5-14(18)12-16/h2-3,5,7,12,15,22H,1,4,6,8-11,13H2,(H,19,23). The minimum absolute atomic E-state index is 0.00512. The first-order valence-corrected chi connectivity index (χ1v) is 7.91. The van der Waals surface area contributed by atoms with Gasteiger partial charge in [0.1, 0.15) is 5.82 Å². The molecule has 0 radical (unpaired) electrons. The van der Waals surface area contributed by atoms with Crippen LogP contribution in [-0.2, 0) is 0 Å². The van der Waals surface area contributed by atoms with Gasteiger partial charge in [0.2, 0.25) is 0 Å². The van der Waals surface area contributed by atoms with E-state index in [9.17, 15) is 9.18 Å². The van der Waals surface area contributed by atoms with E-state index in [-0.39, 0.29) is 31.0 Å². The number of urea groups is 1. The molecule has 126 valence electrons. The molecule has 2 rings (SSSR count).